The Hall–Kier alpha value is -0.990. The Morgan fingerprint density at radius 3 is 1.71 bits per heavy atom. The number of rotatable bonds is 3. The number of carbonyl (C=O) groups is 2. The minimum atomic E-state index is -5.31. The average Bonchev–Trinajstić information content (AvgIpc) is 2.90. The predicted molar refractivity (Wildman–Crippen MR) is 95.5 cm³/mol. The summed E-state index contributed by atoms with van der Waals surface area (Å²) in [6, 6.07) is 10.2. The second-order valence-electron chi connectivity index (χ2n) is 6.34. The number of carbonyl (C=O) groups excluding carboxylic acids is 2. The molecule has 0 amide bonds. The molecule has 0 radical (unpaired) electrons. The molecule has 3 aromatic rings. The molecule has 0 saturated heterocycles. The summed E-state index contributed by atoms with van der Waals surface area (Å²) in [6.07, 6.45) is 0. The molecule has 0 bridgehead atoms. The van der Waals surface area contributed by atoms with Gasteiger partial charge in [-0.3, -0.25) is 14.6 Å². The van der Waals surface area contributed by atoms with Crippen LogP contribution in [0.25, 0.3) is 10.9 Å². The van der Waals surface area contributed by atoms with E-state index in [1.54, 1.807) is 12.1 Å². The number of ketones is 2. The number of hydrogen-bond donors (Lipinski definition) is 0. The van der Waals surface area contributed by atoms with E-state index < -0.39 is 47.5 Å². The fourth-order valence-electron chi connectivity index (χ4n) is 3.31. The van der Waals surface area contributed by atoms with Gasteiger partial charge in [-0.1, -0.05) is 30.3 Å². The molecule has 0 fully saturated rings. The standard InChI is InChI=1S/C18H11NO8S2.2Na/c20-17-10-3-1-2-4-11(10)18(21)16(17)12-6-5-9-7-14(28(22,23)24)15(29(25,26)27)8-13(9)19-12;;/h1-8,16H,(H,22,23,24)(H,25,26,27);;/q;2*+1/p-2. The first-order valence-corrected chi connectivity index (χ1v) is 10.8. The van der Waals surface area contributed by atoms with Crippen LogP contribution in [-0.4, -0.2) is 42.5 Å². The smallest absolute Gasteiger partial charge is 0.744 e. The van der Waals surface area contributed by atoms with Crippen molar-refractivity contribution in [1.82, 2.24) is 4.98 Å². The molecule has 1 aliphatic carbocycles. The third-order valence-electron chi connectivity index (χ3n) is 4.59. The van der Waals surface area contributed by atoms with E-state index >= 15 is 0 Å². The zero-order valence-electron chi connectivity index (χ0n) is 16.2. The number of pyridine rings is 1. The Kier molecular flexibility index (Phi) is 7.71. The second kappa shape index (κ2) is 9.10. The molecule has 9 nitrogen and oxygen atoms in total. The van der Waals surface area contributed by atoms with Crippen molar-refractivity contribution in [2.45, 2.75) is 15.7 Å². The maximum absolute atomic E-state index is 12.6. The number of benzene rings is 2. The Bertz CT molecular complexity index is 1420. The number of fused-ring (bicyclic) bond motifs is 2. The second-order valence-corrected chi connectivity index (χ2v) is 9.04. The number of Topliss-reactive ketones (excluding diaryl/α,β-unsaturated/α-hetero) is 2. The number of aromatic nitrogens is 1. The van der Waals surface area contributed by atoms with Crippen molar-refractivity contribution in [3.8, 4) is 0 Å². The molecule has 13 heteroatoms. The Morgan fingerprint density at radius 2 is 1.23 bits per heavy atom. The summed E-state index contributed by atoms with van der Waals surface area (Å²) >= 11 is 0. The number of nitrogens with zero attached hydrogens (tertiary/aromatic N) is 1. The molecular formula is C18H9NNa2O8S2. The minimum absolute atomic E-state index is 0. The zero-order chi connectivity index (χ0) is 21.1. The molecule has 2 aromatic carbocycles. The maximum Gasteiger partial charge on any atom is 1.00 e. The van der Waals surface area contributed by atoms with E-state index in [0.717, 1.165) is 6.07 Å². The van der Waals surface area contributed by atoms with Gasteiger partial charge in [0.15, 0.2) is 11.6 Å². The van der Waals surface area contributed by atoms with Gasteiger partial charge in [-0.05, 0) is 18.2 Å². The first-order valence-electron chi connectivity index (χ1n) is 8.02. The van der Waals surface area contributed by atoms with E-state index in [2.05, 4.69) is 4.98 Å². The van der Waals surface area contributed by atoms with Gasteiger partial charge < -0.3 is 9.11 Å². The fourth-order valence-corrected chi connectivity index (χ4v) is 5.06. The summed E-state index contributed by atoms with van der Waals surface area (Å²) in [5.74, 6) is -2.20. The van der Waals surface area contributed by atoms with E-state index in [1.165, 1.54) is 24.3 Å². The van der Waals surface area contributed by atoms with Crippen LogP contribution >= 0.6 is 0 Å². The minimum Gasteiger partial charge on any atom is -0.744 e. The van der Waals surface area contributed by atoms with E-state index in [1.807, 2.05) is 0 Å². The van der Waals surface area contributed by atoms with Crippen LogP contribution in [0.2, 0.25) is 0 Å². The molecule has 1 heterocycles. The third-order valence-corrected chi connectivity index (χ3v) is 6.48. The van der Waals surface area contributed by atoms with Gasteiger partial charge in [0.05, 0.1) is 21.0 Å². The summed E-state index contributed by atoms with van der Waals surface area (Å²) in [4.78, 5) is 26.9. The topological polar surface area (TPSA) is 161 Å². The first kappa shape index (κ1) is 26.3. The predicted octanol–water partition coefficient (Wildman–Crippen LogP) is -4.79. The Morgan fingerprint density at radius 1 is 0.742 bits per heavy atom. The molecule has 31 heavy (non-hydrogen) atoms. The molecule has 148 valence electrons. The molecule has 0 atom stereocenters. The molecule has 0 saturated carbocycles. The quantitative estimate of drug-likeness (QED) is 0.205. The molecule has 0 unspecified atom stereocenters. The van der Waals surface area contributed by atoms with Gasteiger partial charge in [-0.2, -0.15) is 0 Å². The van der Waals surface area contributed by atoms with Gasteiger partial charge >= 0.3 is 59.1 Å². The van der Waals surface area contributed by atoms with Gasteiger partial charge in [0.2, 0.25) is 0 Å². The van der Waals surface area contributed by atoms with Crippen LogP contribution in [0.3, 0.4) is 0 Å². The van der Waals surface area contributed by atoms with Crippen molar-refractivity contribution < 1.29 is 94.6 Å². The molecular weight excluding hydrogens is 468 g/mol. The molecule has 0 spiro atoms. The summed E-state index contributed by atoms with van der Waals surface area (Å²) in [7, 11) is -10.6. The van der Waals surface area contributed by atoms with Crippen molar-refractivity contribution in [3.05, 3.63) is 65.4 Å². The third kappa shape index (κ3) is 4.71. The molecule has 1 aliphatic rings. The van der Waals surface area contributed by atoms with Gasteiger partial charge in [0.25, 0.3) is 0 Å². The van der Waals surface area contributed by atoms with Crippen LogP contribution in [0.1, 0.15) is 32.3 Å². The van der Waals surface area contributed by atoms with Crippen LogP contribution < -0.4 is 59.1 Å². The molecule has 0 aliphatic heterocycles. The Balaban J connectivity index is 0.00000171. The van der Waals surface area contributed by atoms with Crippen LogP contribution in [0, 0.1) is 0 Å². The van der Waals surface area contributed by atoms with Crippen LogP contribution in [0.15, 0.2) is 58.3 Å². The van der Waals surface area contributed by atoms with Crippen molar-refractivity contribution in [1.29, 1.82) is 0 Å². The summed E-state index contributed by atoms with van der Waals surface area (Å²) in [5.41, 5.74) is 0.330. The normalized spacial score (nSPS) is 14.1. The average molecular weight is 477 g/mol. The van der Waals surface area contributed by atoms with Crippen molar-refractivity contribution in [2.24, 2.45) is 0 Å². The van der Waals surface area contributed by atoms with E-state index in [9.17, 15) is 35.5 Å². The summed E-state index contributed by atoms with van der Waals surface area (Å²) < 4.78 is 68.4. The summed E-state index contributed by atoms with van der Waals surface area (Å²) in [6.45, 7) is 0. The van der Waals surface area contributed by atoms with E-state index in [4.69, 9.17) is 0 Å². The Labute approximate surface area is 221 Å². The van der Waals surface area contributed by atoms with Crippen molar-refractivity contribution in [3.63, 3.8) is 0 Å². The van der Waals surface area contributed by atoms with Crippen LogP contribution in [-0.2, 0) is 20.2 Å². The van der Waals surface area contributed by atoms with Crippen molar-refractivity contribution >= 4 is 42.7 Å². The zero-order valence-corrected chi connectivity index (χ0v) is 21.9. The van der Waals surface area contributed by atoms with E-state index in [0.29, 0.717) is 6.07 Å². The SMILES string of the molecule is O=C1c2ccccc2C(=O)C1c1ccc2cc(S(=O)(=O)[O-])c(S(=O)(=O)[O-])cc2n1.[Na+].[Na+]. The van der Waals surface area contributed by atoms with Crippen LogP contribution in [0.5, 0.6) is 0 Å². The van der Waals surface area contributed by atoms with Gasteiger partial charge in [-0.25, -0.2) is 16.8 Å². The molecule has 1 aromatic heterocycles. The van der Waals surface area contributed by atoms with Gasteiger partial charge in [-0.15, -0.1) is 0 Å². The largest absolute Gasteiger partial charge is 1.00 e. The fraction of sp³-hybridized carbons (Fsp3) is 0.0556. The monoisotopic (exact) mass is 477 g/mol. The van der Waals surface area contributed by atoms with E-state index in [-0.39, 0.29) is 86.8 Å². The molecule has 4 rings (SSSR count). The van der Waals surface area contributed by atoms with Gasteiger partial charge in [0.1, 0.15) is 26.2 Å². The van der Waals surface area contributed by atoms with Gasteiger partial charge in [0, 0.05) is 16.5 Å². The number of hydrogen-bond acceptors (Lipinski definition) is 9. The van der Waals surface area contributed by atoms with Crippen LogP contribution in [0.4, 0.5) is 0 Å². The maximum atomic E-state index is 12.6. The molecule has 0 N–H and O–H groups in total. The van der Waals surface area contributed by atoms with Crippen molar-refractivity contribution in [2.75, 3.05) is 0 Å². The first-order chi connectivity index (χ1) is 13.5. The summed E-state index contributed by atoms with van der Waals surface area (Å²) in [5, 5.41) is 0.0472.